The van der Waals surface area contributed by atoms with Gasteiger partial charge in [0.2, 0.25) is 5.89 Å². The monoisotopic (exact) mass is 396 g/mol. The molecule has 0 radical (unpaired) electrons. The smallest absolute Gasteiger partial charge is 0.236 e. The minimum Gasteiger partial charge on any atom is -0.440 e. The van der Waals surface area contributed by atoms with Gasteiger partial charge in [0.15, 0.2) is 11.0 Å². The highest BCUT2D eigenvalue weighted by atomic mass is 32.2. The van der Waals surface area contributed by atoms with E-state index in [4.69, 9.17) is 4.42 Å². The molecule has 138 valence electrons. The summed E-state index contributed by atoms with van der Waals surface area (Å²) < 4.78 is 7.98. The molecule has 0 aliphatic heterocycles. The van der Waals surface area contributed by atoms with Crippen molar-refractivity contribution in [2.45, 2.75) is 38.2 Å². The third kappa shape index (κ3) is 3.70. The van der Waals surface area contributed by atoms with Crippen molar-refractivity contribution in [3.8, 4) is 22.2 Å². The quantitative estimate of drug-likeness (QED) is 0.398. The average Bonchev–Trinajstić information content (AvgIpc) is 3.39. The molecule has 0 amide bonds. The molecule has 0 unspecified atom stereocenters. The van der Waals surface area contributed by atoms with Gasteiger partial charge in [0.05, 0.1) is 10.6 Å². The Morgan fingerprint density at radius 2 is 2.04 bits per heavy atom. The number of oxazole rings is 1. The lowest BCUT2D eigenvalue weighted by molar-refractivity contribution is 0.542. The lowest BCUT2D eigenvalue weighted by Crippen LogP contribution is -2.00. The predicted octanol–water partition coefficient (Wildman–Crippen LogP) is 5.59. The Hall–Kier alpha value is -2.38. The van der Waals surface area contributed by atoms with E-state index in [0.29, 0.717) is 11.6 Å². The molecule has 4 aromatic rings. The maximum Gasteiger partial charge on any atom is 0.236 e. The number of rotatable bonds is 6. The number of hydrogen-bond donors (Lipinski definition) is 0. The lowest BCUT2D eigenvalue weighted by Gasteiger charge is -2.07. The zero-order valence-electron chi connectivity index (χ0n) is 15.5. The molecular weight excluding hydrogens is 376 g/mol. The first kappa shape index (κ1) is 18.0. The van der Waals surface area contributed by atoms with Gasteiger partial charge in [-0.1, -0.05) is 41.6 Å². The summed E-state index contributed by atoms with van der Waals surface area (Å²) in [4.78, 5) is 5.71. The van der Waals surface area contributed by atoms with E-state index in [0.717, 1.165) is 39.4 Å². The van der Waals surface area contributed by atoms with Gasteiger partial charge in [0.25, 0.3) is 0 Å². The molecule has 0 spiro atoms. The second-order valence-electron chi connectivity index (χ2n) is 6.21. The van der Waals surface area contributed by atoms with Crippen LogP contribution in [0.15, 0.2) is 51.4 Å². The van der Waals surface area contributed by atoms with Crippen molar-refractivity contribution in [2.24, 2.45) is 0 Å². The zero-order valence-corrected chi connectivity index (χ0v) is 17.1. The Kier molecular flexibility index (Phi) is 5.13. The third-order valence-corrected chi connectivity index (χ3v) is 6.11. The van der Waals surface area contributed by atoms with Crippen molar-refractivity contribution in [1.29, 1.82) is 0 Å². The molecule has 0 fully saturated rings. The van der Waals surface area contributed by atoms with Crippen LogP contribution in [-0.4, -0.2) is 19.7 Å². The van der Waals surface area contributed by atoms with Gasteiger partial charge in [0.1, 0.15) is 5.76 Å². The molecule has 0 N–H and O–H groups in total. The summed E-state index contributed by atoms with van der Waals surface area (Å²) in [5.41, 5.74) is 3.26. The molecular formula is C20H20N4OS2. The van der Waals surface area contributed by atoms with E-state index in [2.05, 4.69) is 57.9 Å². The van der Waals surface area contributed by atoms with Gasteiger partial charge in [-0.25, -0.2) is 4.98 Å². The average molecular weight is 397 g/mol. The standard InChI is InChI=1S/C20H20N4OS2/c1-4-24-18(15-8-5-7-13(2)11-15)22-23-20(24)27-12-16-14(3)25-19(21-16)17-9-6-10-26-17/h5-11H,4,12H2,1-3H3. The van der Waals surface area contributed by atoms with E-state index in [1.54, 1.807) is 23.1 Å². The summed E-state index contributed by atoms with van der Waals surface area (Å²) >= 11 is 3.27. The summed E-state index contributed by atoms with van der Waals surface area (Å²) in [6.45, 7) is 6.98. The van der Waals surface area contributed by atoms with E-state index in [1.807, 2.05) is 24.4 Å². The number of thioether (sulfide) groups is 1. The molecule has 3 heterocycles. The minimum atomic E-state index is 0.690. The second kappa shape index (κ2) is 7.70. The van der Waals surface area contributed by atoms with Crippen LogP contribution in [0.5, 0.6) is 0 Å². The van der Waals surface area contributed by atoms with Crippen LogP contribution in [0.1, 0.15) is 23.9 Å². The normalized spacial score (nSPS) is 11.2. The highest BCUT2D eigenvalue weighted by Crippen LogP contribution is 2.30. The third-order valence-electron chi connectivity index (χ3n) is 4.27. The van der Waals surface area contributed by atoms with Gasteiger partial charge in [-0.3, -0.25) is 0 Å². The van der Waals surface area contributed by atoms with E-state index in [-0.39, 0.29) is 0 Å². The van der Waals surface area contributed by atoms with Gasteiger partial charge >= 0.3 is 0 Å². The van der Waals surface area contributed by atoms with Crippen molar-refractivity contribution < 1.29 is 4.42 Å². The lowest BCUT2D eigenvalue weighted by atomic mass is 10.1. The van der Waals surface area contributed by atoms with Crippen LogP contribution >= 0.6 is 23.1 Å². The van der Waals surface area contributed by atoms with Crippen molar-refractivity contribution in [2.75, 3.05) is 0 Å². The number of aryl methyl sites for hydroxylation is 2. The summed E-state index contributed by atoms with van der Waals surface area (Å²) in [5.74, 6) is 3.15. The van der Waals surface area contributed by atoms with Crippen LogP contribution in [0.25, 0.3) is 22.2 Å². The van der Waals surface area contributed by atoms with Crippen LogP contribution in [0, 0.1) is 13.8 Å². The van der Waals surface area contributed by atoms with Gasteiger partial charge < -0.3 is 8.98 Å². The SMILES string of the molecule is CCn1c(SCc2nc(-c3cccs3)oc2C)nnc1-c1cccc(C)c1. The van der Waals surface area contributed by atoms with E-state index in [9.17, 15) is 0 Å². The first-order chi connectivity index (χ1) is 13.2. The number of benzene rings is 1. The number of nitrogens with zero attached hydrogens (tertiary/aromatic N) is 4. The molecule has 0 aliphatic carbocycles. The number of hydrogen-bond acceptors (Lipinski definition) is 6. The number of aromatic nitrogens is 4. The molecule has 0 bridgehead atoms. The Morgan fingerprint density at radius 3 is 2.78 bits per heavy atom. The zero-order chi connectivity index (χ0) is 18.8. The van der Waals surface area contributed by atoms with Crippen molar-refractivity contribution in [3.63, 3.8) is 0 Å². The molecule has 0 saturated heterocycles. The molecule has 5 nitrogen and oxygen atoms in total. The topological polar surface area (TPSA) is 56.7 Å². The number of thiophene rings is 1. The molecule has 1 aromatic carbocycles. The molecule has 0 atom stereocenters. The van der Waals surface area contributed by atoms with Gasteiger partial charge in [0, 0.05) is 17.9 Å². The van der Waals surface area contributed by atoms with Crippen LogP contribution in [0.3, 0.4) is 0 Å². The molecule has 27 heavy (non-hydrogen) atoms. The molecule has 4 rings (SSSR count). The largest absolute Gasteiger partial charge is 0.440 e. The molecule has 0 aliphatic rings. The summed E-state index contributed by atoms with van der Waals surface area (Å²) in [7, 11) is 0. The highest BCUT2D eigenvalue weighted by molar-refractivity contribution is 7.98. The molecule has 0 saturated carbocycles. The Balaban J connectivity index is 1.56. The fraction of sp³-hybridized carbons (Fsp3) is 0.250. The highest BCUT2D eigenvalue weighted by Gasteiger charge is 2.16. The molecule has 3 aromatic heterocycles. The van der Waals surface area contributed by atoms with Crippen LogP contribution in [0.2, 0.25) is 0 Å². The molecule has 7 heteroatoms. The summed E-state index contributed by atoms with van der Waals surface area (Å²) in [6, 6.07) is 12.4. The van der Waals surface area contributed by atoms with Gasteiger partial charge in [-0.05, 0) is 38.3 Å². The van der Waals surface area contributed by atoms with Crippen molar-refractivity contribution >= 4 is 23.1 Å². The van der Waals surface area contributed by atoms with Crippen LogP contribution in [0.4, 0.5) is 0 Å². The maximum absolute atomic E-state index is 5.83. The van der Waals surface area contributed by atoms with Gasteiger partial charge in [-0.2, -0.15) is 0 Å². The maximum atomic E-state index is 5.83. The van der Waals surface area contributed by atoms with E-state index < -0.39 is 0 Å². The first-order valence-corrected chi connectivity index (χ1v) is 10.7. The van der Waals surface area contributed by atoms with Crippen LogP contribution in [-0.2, 0) is 12.3 Å². The minimum absolute atomic E-state index is 0.690. The second-order valence-corrected chi connectivity index (χ2v) is 8.10. The summed E-state index contributed by atoms with van der Waals surface area (Å²) in [6.07, 6.45) is 0. The Labute approximate surface area is 166 Å². The summed E-state index contributed by atoms with van der Waals surface area (Å²) in [5, 5.41) is 11.8. The van der Waals surface area contributed by atoms with Crippen LogP contribution < -0.4 is 0 Å². The van der Waals surface area contributed by atoms with Gasteiger partial charge in [-0.15, -0.1) is 21.5 Å². The predicted molar refractivity (Wildman–Crippen MR) is 110 cm³/mol. The Morgan fingerprint density at radius 1 is 1.15 bits per heavy atom. The van der Waals surface area contributed by atoms with E-state index in [1.165, 1.54) is 5.56 Å². The van der Waals surface area contributed by atoms with Crippen molar-refractivity contribution in [1.82, 2.24) is 19.7 Å². The van der Waals surface area contributed by atoms with E-state index >= 15 is 0 Å². The Bertz CT molecular complexity index is 1050. The van der Waals surface area contributed by atoms with Crippen molar-refractivity contribution in [3.05, 3.63) is 58.8 Å². The first-order valence-electron chi connectivity index (χ1n) is 8.79. The fourth-order valence-corrected chi connectivity index (χ4v) is 4.53. The fourth-order valence-electron chi connectivity index (χ4n) is 2.88.